The van der Waals surface area contributed by atoms with Gasteiger partial charge in [-0.3, -0.25) is 9.59 Å². The van der Waals surface area contributed by atoms with E-state index in [0.29, 0.717) is 39.6 Å². The van der Waals surface area contributed by atoms with Gasteiger partial charge in [-0.25, -0.2) is 4.98 Å². The van der Waals surface area contributed by atoms with Crippen LogP contribution in [0.5, 0.6) is 5.75 Å². The summed E-state index contributed by atoms with van der Waals surface area (Å²) in [5.74, 6) is 0.929. The third-order valence-corrected chi connectivity index (χ3v) is 7.52. The van der Waals surface area contributed by atoms with Crippen LogP contribution in [0.1, 0.15) is 24.7 Å². The molecule has 4 rings (SSSR count). The molecule has 0 unspecified atom stereocenters. The average Bonchev–Trinajstić information content (AvgIpc) is 2.85. The second-order valence-corrected chi connectivity index (χ2v) is 11.6. The Morgan fingerprint density at radius 1 is 1.16 bits per heavy atom. The van der Waals surface area contributed by atoms with Crippen LogP contribution in [0.25, 0.3) is 10.9 Å². The van der Waals surface area contributed by atoms with E-state index < -0.39 is 0 Å². The summed E-state index contributed by atoms with van der Waals surface area (Å²) in [5, 5.41) is 8.36. The number of carbonyl (C=O) groups excluding carboxylic acids is 1. The van der Waals surface area contributed by atoms with Crippen molar-refractivity contribution >= 4 is 101 Å². The molecular weight excluding hydrogens is 785 g/mol. The Labute approximate surface area is 254 Å². The third kappa shape index (κ3) is 7.09. The third-order valence-electron chi connectivity index (χ3n) is 5.17. The molecule has 0 aliphatic carbocycles. The van der Waals surface area contributed by atoms with Gasteiger partial charge >= 0.3 is 0 Å². The van der Waals surface area contributed by atoms with Crippen LogP contribution in [-0.2, 0) is 11.2 Å². The summed E-state index contributed by atoms with van der Waals surface area (Å²) in [6.45, 7) is 1.89. The van der Waals surface area contributed by atoms with Gasteiger partial charge in [0.1, 0.15) is 11.6 Å². The molecule has 0 aliphatic rings. The van der Waals surface area contributed by atoms with Crippen LogP contribution in [0.2, 0.25) is 5.02 Å². The van der Waals surface area contributed by atoms with Crippen molar-refractivity contribution in [1.82, 2.24) is 9.66 Å². The molecule has 0 saturated carbocycles. The highest BCUT2D eigenvalue weighted by Crippen LogP contribution is 2.29. The molecule has 1 aromatic heterocycles. The van der Waals surface area contributed by atoms with E-state index >= 15 is 0 Å². The predicted molar refractivity (Wildman–Crippen MR) is 168 cm³/mol. The molecule has 190 valence electrons. The number of ether oxygens (including phenoxy) is 1. The zero-order valence-corrected chi connectivity index (χ0v) is 26.1. The zero-order valence-electron chi connectivity index (χ0n) is 19.5. The summed E-state index contributed by atoms with van der Waals surface area (Å²) >= 11 is 13.6. The van der Waals surface area contributed by atoms with Crippen molar-refractivity contribution in [2.24, 2.45) is 5.10 Å². The van der Waals surface area contributed by atoms with E-state index in [1.54, 1.807) is 36.5 Å². The lowest BCUT2D eigenvalue weighted by Crippen LogP contribution is -2.22. The minimum absolute atomic E-state index is 0.143. The smallest absolute Gasteiger partial charge is 0.282 e. The largest absolute Gasteiger partial charge is 0.482 e. The fraction of sp³-hybridized carbons (Fsp3) is 0.154. The molecule has 4 aromatic rings. The molecule has 1 amide bonds. The van der Waals surface area contributed by atoms with Gasteiger partial charge in [0, 0.05) is 21.6 Å². The first kappa shape index (κ1) is 28.0. The summed E-state index contributed by atoms with van der Waals surface area (Å²) in [6.07, 6.45) is 3.09. The molecule has 0 bridgehead atoms. The van der Waals surface area contributed by atoms with Gasteiger partial charge in [-0.2, -0.15) is 9.78 Å². The number of aromatic nitrogens is 2. The van der Waals surface area contributed by atoms with Crippen LogP contribution in [0.4, 0.5) is 5.69 Å². The van der Waals surface area contributed by atoms with Crippen molar-refractivity contribution in [3.63, 3.8) is 0 Å². The second kappa shape index (κ2) is 12.7. The lowest BCUT2D eigenvalue weighted by Gasteiger charge is -2.12. The Morgan fingerprint density at radius 2 is 1.86 bits per heavy atom. The van der Waals surface area contributed by atoms with Crippen molar-refractivity contribution in [2.45, 2.75) is 19.8 Å². The van der Waals surface area contributed by atoms with Gasteiger partial charge in [0.25, 0.3) is 11.5 Å². The van der Waals surface area contributed by atoms with E-state index in [4.69, 9.17) is 16.3 Å². The van der Waals surface area contributed by atoms with Crippen LogP contribution in [0.15, 0.2) is 69.0 Å². The number of nitrogens with one attached hydrogen (secondary N) is 1. The Kier molecular flexibility index (Phi) is 9.59. The van der Waals surface area contributed by atoms with Crippen molar-refractivity contribution in [2.75, 3.05) is 11.9 Å². The highest BCUT2D eigenvalue weighted by molar-refractivity contribution is 14.1. The number of hydrogen-bond acceptors (Lipinski definition) is 5. The van der Waals surface area contributed by atoms with Gasteiger partial charge in [-0.15, -0.1) is 0 Å². The molecule has 0 fully saturated rings. The predicted octanol–water partition coefficient (Wildman–Crippen LogP) is 6.87. The molecular formula is C26H20BrClI2N4O3. The van der Waals surface area contributed by atoms with Gasteiger partial charge in [-0.05, 0) is 112 Å². The van der Waals surface area contributed by atoms with Crippen molar-refractivity contribution in [3.8, 4) is 5.75 Å². The number of aryl methyl sites for hydroxylation is 1. The molecule has 11 heteroatoms. The van der Waals surface area contributed by atoms with E-state index in [1.807, 2.05) is 31.2 Å². The number of fused-ring (bicyclic) bond motifs is 1. The minimum atomic E-state index is -0.280. The van der Waals surface area contributed by atoms with Crippen LogP contribution in [0.3, 0.4) is 0 Å². The number of hydrogen-bond donors (Lipinski definition) is 1. The zero-order chi connectivity index (χ0) is 26.5. The topological polar surface area (TPSA) is 85.6 Å². The second-order valence-electron chi connectivity index (χ2n) is 7.96. The molecule has 3 aromatic carbocycles. The first-order valence-corrected chi connectivity index (χ1v) is 14.5. The Morgan fingerprint density at radius 3 is 2.54 bits per heavy atom. The monoisotopic (exact) mass is 804 g/mol. The lowest BCUT2D eigenvalue weighted by atomic mass is 10.2. The molecule has 0 saturated heterocycles. The fourth-order valence-electron chi connectivity index (χ4n) is 3.48. The normalized spacial score (nSPS) is 11.3. The van der Waals surface area contributed by atoms with Crippen molar-refractivity contribution < 1.29 is 9.53 Å². The molecule has 0 aliphatic heterocycles. The number of halogens is 4. The highest BCUT2D eigenvalue weighted by Gasteiger charge is 2.13. The summed E-state index contributed by atoms with van der Waals surface area (Å²) in [6, 6.07) is 16.1. The number of benzene rings is 3. The van der Waals surface area contributed by atoms with E-state index in [-0.39, 0.29) is 18.1 Å². The summed E-state index contributed by atoms with van der Waals surface area (Å²) < 4.78 is 9.60. The fourth-order valence-corrected chi connectivity index (χ4v) is 6.10. The molecule has 7 nitrogen and oxygen atoms in total. The number of anilines is 1. The van der Waals surface area contributed by atoms with Crippen molar-refractivity contribution in [1.29, 1.82) is 0 Å². The quantitative estimate of drug-likeness (QED) is 0.156. The summed E-state index contributed by atoms with van der Waals surface area (Å²) in [7, 11) is 0. The molecule has 37 heavy (non-hydrogen) atoms. The van der Waals surface area contributed by atoms with Crippen LogP contribution >= 0.6 is 72.7 Å². The Hall–Kier alpha value is -2.03. The van der Waals surface area contributed by atoms with Crippen LogP contribution in [-0.4, -0.2) is 28.4 Å². The summed E-state index contributed by atoms with van der Waals surface area (Å²) in [4.78, 5) is 30.2. The standard InChI is InChI=1S/C26H20BrClI2N4O3/c1-2-3-23-33-22-9-4-16(27)12-19(22)26(36)34(23)31-13-15-10-20(29)25(21(30)11-15)37-14-24(35)32-18-7-5-17(28)6-8-18/h4-13H,2-3,14H2,1H3,(H,32,35). The molecule has 1 heterocycles. The molecule has 0 spiro atoms. The molecule has 0 radical (unpaired) electrons. The lowest BCUT2D eigenvalue weighted by molar-refractivity contribution is -0.118. The average molecular weight is 806 g/mol. The first-order chi connectivity index (χ1) is 17.7. The Bertz CT molecular complexity index is 1540. The highest BCUT2D eigenvalue weighted by atomic mass is 127. The van der Waals surface area contributed by atoms with E-state index in [0.717, 1.165) is 23.6 Å². The molecule has 1 N–H and O–H groups in total. The molecule has 0 atom stereocenters. The number of carbonyl (C=O) groups is 1. The maximum Gasteiger partial charge on any atom is 0.282 e. The van der Waals surface area contributed by atoms with Crippen molar-refractivity contribution in [3.05, 3.63) is 93.0 Å². The minimum Gasteiger partial charge on any atom is -0.482 e. The van der Waals surface area contributed by atoms with E-state index in [9.17, 15) is 9.59 Å². The van der Waals surface area contributed by atoms with Gasteiger partial charge in [-0.1, -0.05) is 34.5 Å². The van der Waals surface area contributed by atoms with Gasteiger partial charge in [0.15, 0.2) is 6.61 Å². The maximum absolute atomic E-state index is 13.2. The van der Waals surface area contributed by atoms with Crippen LogP contribution < -0.4 is 15.6 Å². The van der Waals surface area contributed by atoms with Gasteiger partial charge in [0.2, 0.25) is 0 Å². The SMILES string of the molecule is CCCc1nc2ccc(Br)cc2c(=O)n1N=Cc1cc(I)c(OCC(=O)Nc2ccc(Cl)cc2)c(I)c1. The number of rotatable bonds is 8. The van der Waals surface area contributed by atoms with E-state index in [2.05, 4.69) is 76.5 Å². The number of amides is 1. The van der Waals surface area contributed by atoms with Gasteiger partial charge in [0.05, 0.1) is 24.3 Å². The van der Waals surface area contributed by atoms with Gasteiger partial charge < -0.3 is 10.1 Å². The first-order valence-electron chi connectivity index (χ1n) is 11.2. The van der Waals surface area contributed by atoms with E-state index in [1.165, 1.54) is 4.68 Å². The summed E-state index contributed by atoms with van der Waals surface area (Å²) in [5.41, 5.74) is 1.86. The Balaban J connectivity index is 1.54. The maximum atomic E-state index is 13.2. The number of nitrogens with zero attached hydrogens (tertiary/aromatic N) is 3. The van der Waals surface area contributed by atoms with Crippen LogP contribution in [0, 0.1) is 7.14 Å².